The Hall–Kier alpha value is -6.16. The molecular weight excluding hydrogens is 656 g/mol. The Morgan fingerprint density at radius 3 is 1.75 bits per heavy atom. The smallest absolute Gasteiger partial charge is 0.269 e. The van der Waals surface area contributed by atoms with E-state index in [-0.39, 0.29) is 23.2 Å². The second-order valence-corrected chi connectivity index (χ2v) is 14.8. The first-order valence-electron chi connectivity index (χ1n) is 17.0. The summed E-state index contributed by atoms with van der Waals surface area (Å²) in [6.07, 6.45) is 9.01. The molecule has 52 heavy (non-hydrogen) atoms. The molecule has 1 atom stereocenters. The van der Waals surface area contributed by atoms with Crippen molar-refractivity contribution < 1.29 is 19.4 Å². The lowest BCUT2D eigenvalue weighted by Gasteiger charge is -2.51. The topological polar surface area (TPSA) is 127 Å². The molecule has 4 aromatic carbocycles. The maximum atomic E-state index is 14.1. The molecule has 0 saturated heterocycles. The van der Waals surface area contributed by atoms with Gasteiger partial charge in [0.05, 0.1) is 21.1 Å². The number of anilines is 2. The number of amides is 2. The number of nitro benzene ring substituents is 2. The van der Waals surface area contributed by atoms with Crippen LogP contribution in [-0.2, 0) is 15.0 Å². The van der Waals surface area contributed by atoms with E-state index in [4.69, 9.17) is 0 Å². The average molecular weight is 697 g/mol. The van der Waals surface area contributed by atoms with Gasteiger partial charge in [0.25, 0.3) is 23.2 Å². The summed E-state index contributed by atoms with van der Waals surface area (Å²) in [7, 11) is 0. The van der Waals surface area contributed by atoms with Crippen LogP contribution in [-0.4, -0.2) is 32.7 Å². The normalized spacial score (nSPS) is 18.8. The van der Waals surface area contributed by atoms with Crippen LogP contribution in [0.3, 0.4) is 0 Å². The summed E-state index contributed by atoms with van der Waals surface area (Å²) in [5.41, 5.74) is 5.02. The predicted octanol–water partition coefficient (Wildman–Crippen LogP) is 9.28. The van der Waals surface area contributed by atoms with Crippen LogP contribution in [0.1, 0.15) is 75.8 Å². The Kier molecular flexibility index (Phi) is 9.04. The van der Waals surface area contributed by atoms with E-state index in [9.17, 15) is 29.8 Å². The van der Waals surface area contributed by atoms with Gasteiger partial charge >= 0.3 is 0 Å². The molecule has 2 aliphatic rings. The summed E-state index contributed by atoms with van der Waals surface area (Å²) >= 11 is 0. The minimum Gasteiger partial charge on any atom is -0.303 e. The van der Waals surface area contributed by atoms with Crippen molar-refractivity contribution in [1.82, 2.24) is 0 Å². The SMILES string of the molecule is CC1=CC(C)(C)N(C(=O)/C=C\c2ccc([N+](=O)[O-])cc2)c2cc(C3(C)CC(C)(C)N(C(=O)/C=C/c4ccc([N+](=O)[O-])cc4)c4ccccc43)ccc21. The first-order chi connectivity index (χ1) is 24.5. The molecule has 0 radical (unpaired) electrons. The van der Waals surface area contributed by atoms with E-state index in [2.05, 4.69) is 37.3 Å². The van der Waals surface area contributed by atoms with E-state index < -0.39 is 26.3 Å². The van der Waals surface area contributed by atoms with E-state index in [1.807, 2.05) is 57.7 Å². The summed E-state index contributed by atoms with van der Waals surface area (Å²) in [6.45, 7) is 12.3. The summed E-state index contributed by atoms with van der Waals surface area (Å²) in [6, 6.07) is 26.3. The van der Waals surface area contributed by atoms with E-state index in [0.29, 0.717) is 17.5 Å². The first kappa shape index (κ1) is 35.7. The van der Waals surface area contributed by atoms with Gasteiger partial charge in [-0.3, -0.25) is 34.7 Å². The van der Waals surface area contributed by atoms with Crippen LogP contribution in [0.5, 0.6) is 0 Å². The molecule has 0 spiro atoms. The molecule has 264 valence electrons. The molecular formula is C42H40N4O6. The van der Waals surface area contributed by atoms with Crippen LogP contribution < -0.4 is 9.80 Å². The van der Waals surface area contributed by atoms with Gasteiger partial charge < -0.3 is 4.90 Å². The Bertz CT molecular complexity index is 2200. The number of hydrogen-bond acceptors (Lipinski definition) is 6. The molecule has 2 aliphatic heterocycles. The van der Waals surface area contributed by atoms with Crippen LogP contribution in [0, 0.1) is 20.2 Å². The predicted molar refractivity (Wildman–Crippen MR) is 205 cm³/mol. The zero-order valence-electron chi connectivity index (χ0n) is 30.0. The molecule has 0 saturated carbocycles. The van der Waals surface area contributed by atoms with Gasteiger partial charge in [0.15, 0.2) is 0 Å². The maximum absolute atomic E-state index is 14.1. The first-order valence-corrected chi connectivity index (χ1v) is 17.0. The van der Waals surface area contributed by atoms with Gasteiger partial charge in [-0.2, -0.15) is 0 Å². The highest BCUT2D eigenvalue weighted by atomic mass is 16.6. The van der Waals surface area contributed by atoms with Gasteiger partial charge in [-0.15, -0.1) is 0 Å². The van der Waals surface area contributed by atoms with Gasteiger partial charge in [-0.25, -0.2) is 0 Å². The Morgan fingerprint density at radius 2 is 1.21 bits per heavy atom. The molecule has 10 heteroatoms. The van der Waals surface area contributed by atoms with E-state index >= 15 is 0 Å². The van der Waals surface area contributed by atoms with Crippen LogP contribution in [0.25, 0.3) is 17.7 Å². The van der Waals surface area contributed by atoms with Crippen molar-refractivity contribution in [3.05, 3.63) is 157 Å². The van der Waals surface area contributed by atoms with Crippen molar-refractivity contribution in [3.8, 4) is 0 Å². The highest BCUT2D eigenvalue weighted by molar-refractivity contribution is 6.08. The molecule has 2 amide bonds. The zero-order valence-corrected chi connectivity index (χ0v) is 30.0. The number of nitro groups is 2. The van der Waals surface area contributed by atoms with Crippen molar-refractivity contribution in [2.45, 2.75) is 64.5 Å². The van der Waals surface area contributed by atoms with Gasteiger partial charge in [0.2, 0.25) is 0 Å². The fraction of sp³-hybridized carbons (Fsp3) is 0.238. The minimum atomic E-state index is -0.656. The van der Waals surface area contributed by atoms with Crippen molar-refractivity contribution in [3.63, 3.8) is 0 Å². The van der Waals surface area contributed by atoms with Crippen LogP contribution in [0.2, 0.25) is 0 Å². The number of carbonyl (C=O) groups excluding carboxylic acids is 2. The second-order valence-electron chi connectivity index (χ2n) is 14.8. The zero-order chi connectivity index (χ0) is 37.6. The third-order valence-corrected chi connectivity index (χ3v) is 10.1. The molecule has 1 unspecified atom stereocenters. The monoisotopic (exact) mass is 696 g/mol. The van der Waals surface area contributed by atoms with E-state index in [1.54, 1.807) is 41.3 Å². The highest BCUT2D eigenvalue weighted by Gasteiger charge is 2.48. The quantitative estimate of drug-likeness (QED) is 0.108. The summed E-state index contributed by atoms with van der Waals surface area (Å²) in [4.78, 5) is 52.9. The number of para-hydroxylation sites is 1. The van der Waals surface area contributed by atoms with Crippen molar-refractivity contribution in [2.24, 2.45) is 0 Å². The van der Waals surface area contributed by atoms with Gasteiger partial charge in [0, 0.05) is 58.6 Å². The summed E-state index contributed by atoms with van der Waals surface area (Å²) in [5.74, 6) is -0.431. The largest absolute Gasteiger partial charge is 0.303 e. The van der Waals surface area contributed by atoms with E-state index in [1.165, 1.54) is 36.4 Å². The maximum Gasteiger partial charge on any atom is 0.269 e. The fourth-order valence-electron chi connectivity index (χ4n) is 7.85. The molecule has 0 aromatic heterocycles. The van der Waals surface area contributed by atoms with Crippen LogP contribution >= 0.6 is 0 Å². The van der Waals surface area contributed by atoms with Crippen LogP contribution in [0.15, 0.2) is 109 Å². The summed E-state index contributed by atoms with van der Waals surface area (Å²) in [5, 5.41) is 22.2. The number of allylic oxidation sites excluding steroid dienone is 1. The third kappa shape index (κ3) is 6.55. The number of hydrogen-bond donors (Lipinski definition) is 0. The highest BCUT2D eigenvalue weighted by Crippen LogP contribution is 2.52. The average Bonchev–Trinajstić information content (AvgIpc) is 3.09. The van der Waals surface area contributed by atoms with E-state index in [0.717, 1.165) is 33.6 Å². The Morgan fingerprint density at radius 1 is 0.692 bits per heavy atom. The second kappa shape index (κ2) is 13.2. The molecule has 10 nitrogen and oxygen atoms in total. The summed E-state index contributed by atoms with van der Waals surface area (Å²) < 4.78 is 0. The van der Waals surface area contributed by atoms with Crippen molar-refractivity contribution in [1.29, 1.82) is 0 Å². The van der Waals surface area contributed by atoms with Crippen molar-refractivity contribution >= 4 is 52.3 Å². The molecule has 0 N–H and O–H groups in total. The molecule has 0 aliphatic carbocycles. The molecule has 4 aromatic rings. The number of benzene rings is 4. The molecule has 2 heterocycles. The number of non-ortho nitro benzene ring substituents is 2. The lowest BCUT2D eigenvalue weighted by atomic mass is 9.65. The Balaban J connectivity index is 1.37. The number of rotatable bonds is 7. The van der Waals surface area contributed by atoms with Crippen molar-refractivity contribution in [2.75, 3.05) is 9.80 Å². The lowest BCUT2D eigenvalue weighted by molar-refractivity contribution is -0.385. The third-order valence-electron chi connectivity index (χ3n) is 10.1. The lowest BCUT2D eigenvalue weighted by Crippen LogP contribution is -2.55. The minimum absolute atomic E-state index is 0.0167. The van der Waals surface area contributed by atoms with Gasteiger partial charge in [-0.1, -0.05) is 43.3 Å². The molecule has 0 fully saturated rings. The number of nitrogens with zero attached hydrogens (tertiary/aromatic N) is 4. The molecule has 0 bridgehead atoms. The number of fused-ring (bicyclic) bond motifs is 2. The van der Waals surface area contributed by atoms with Gasteiger partial charge in [0.1, 0.15) is 0 Å². The fourth-order valence-corrected chi connectivity index (χ4v) is 7.85. The number of carbonyl (C=O) groups is 2. The standard InChI is InChI=1S/C42H40N4O6/c1-28-26-40(2,3)44(39(48)24-16-30-13-20-33(21-14-30)46(51)52)37-25-31(17-22-34(28)37)42(6)27-41(4,5)43(36-10-8-7-9-35(36)42)38(47)23-15-29-11-18-32(19-12-29)45(49)50/h7-26H,27H2,1-6H3/b23-15+,24-16-. The van der Waals surface area contributed by atoms with Crippen LogP contribution in [0.4, 0.5) is 22.7 Å². The van der Waals surface area contributed by atoms with Gasteiger partial charge in [-0.05, 0) is 117 Å². The Labute approximate surface area is 302 Å². The molecule has 6 rings (SSSR count).